The second-order valence-corrected chi connectivity index (χ2v) is 4.44. The normalized spacial score (nSPS) is 10.5. The van der Waals surface area contributed by atoms with E-state index in [0.717, 1.165) is 0 Å². The molecule has 0 aliphatic carbocycles. The Morgan fingerprint density at radius 2 is 1.91 bits per heavy atom. The largest absolute Gasteiger partial charge is 0.316 e. The Labute approximate surface area is 124 Å². The van der Waals surface area contributed by atoms with Gasteiger partial charge in [-0.05, 0) is 24.3 Å². The molecular formula is C15H10F2N4O. The first-order valence-corrected chi connectivity index (χ1v) is 6.38. The Hall–Kier alpha value is -3.09. The van der Waals surface area contributed by atoms with E-state index in [-0.39, 0.29) is 11.4 Å². The van der Waals surface area contributed by atoms with Crippen LogP contribution in [0.25, 0.3) is 11.3 Å². The Kier molecular flexibility index (Phi) is 3.61. The molecular weight excluding hydrogens is 290 g/mol. The lowest BCUT2D eigenvalue weighted by Crippen LogP contribution is -2.13. The predicted octanol–water partition coefficient (Wildman–Crippen LogP) is 3.07. The fraction of sp³-hybridized carbons (Fsp3) is 0. The van der Waals surface area contributed by atoms with Crippen LogP contribution in [0.5, 0.6) is 0 Å². The van der Waals surface area contributed by atoms with Crippen molar-refractivity contribution in [2.24, 2.45) is 0 Å². The van der Waals surface area contributed by atoms with E-state index >= 15 is 0 Å². The van der Waals surface area contributed by atoms with E-state index in [9.17, 15) is 13.7 Å². The number of carbonyl (C=O) groups excluding carboxylic acids is 1. The first kappa shape index (κ1) is 13.9. The van der Waals surface area contributed by atoms with Gasteiger partial charge in [-0.2, -0.15) is 4.39 Å². The number of carbonyl (C=O) groups is 1. The molecule has 0 atom stereocenters. The Morgan fingerprint density at radius 3 is 2.59 bits per heavy atom. The maximum atomic E-state index is 13.9. The lowest BCUT2D eigenvalue weighted by molar-refractivity contribution is 0.102. The van der Waals surface area contributed by atoms with E-state index in [1.807, 2.05) is 0 Å². The molecule has 7 heteroatoms. The molecule has 1 amide bonds. The van der Waals surface area contributed by atoms with Gasteiger partial charge in [0.15, 0.2) is 0 Å². The monoisotopic (exact) mass is 300 g/mol. The van der Waals surface area contributed by atoms with E-state index in [1.54, 1.807) is 42.5 Å². The standard InChI is InChI=1S/C15H10F2N4O/c16-14-13(19-15(22)10-5-2-1-3-6-10)12(20-21(14)17)11-7-4-8-18-9-11/h1-9H,(H,19,22). The Morgan fingerprint density at radius 1 is 1.14 bits per heavy atom. The first-order chi connectivity index (χ1) is 10.7. The number of halogens is 2. The van der Waals surface area contributed by atoms with Crippen LogP contribution in [0.4, 0.5) is 14.6 Å². The van der Waals surface area contributed by atoms with Crippen LogP contribution in [-0.4, -0.2) is 20.9 Å². The molecule has 22 heavy (non-hydrogen) atoms. The highest BCUT2D eigenvalue weighted by Crippen LogP contribution is 2.29. The minimum absolute atomic E-state index is 0.0302. The number of nitrogens with zero attached hydrogens (tertiary/aromatic N) is 3. The third kappa shape index (κ3) is 2.56. The quantitative estimate of drug-likeness (QED) is 0.808. The van der Waals surface area contributed by atoms with Gasteiger partial charge in [0.2, 0.25) is 0 Å². The van der Waals surface area contributed by atoms with E-state index in [2.05, 4.69) is 15.4 Å². The fourth-order valence-corrected chi connectivity index (χ4v) is 1.96. The highest BCUT2D eigenvalue weighted by atomic mass is 19.2. The van der Waals surface area contributed by atoms with Crippen LogP contribution in [0.3, 0.4) is 0 Å². The van der Waals surface area contributed by atoms with Crippen LogP contribution in [0.2, 0.25) is 0 Å². The van der Waals surface area contributed by atoms with Crippen molar-refractivity contribution in [2.45, 2.75) is 0 Å². The van der Waals surface area contributed by atoms with E-state index in [0.29, 0.717) is 11.1 Å². The Balaban J connectivity index is 1.99. The summed E-state index contributed by atoms with van der Waals surface area (Å²) in [6.07, 6.45) is 2.93. The number of amides is 1. The molecule has 2 heterocycles. The molecule has 0 saturated carbocycles. The summed E-state index contributed by atoms with van der Waals surface area (Å²) in [6.45, 7) is 0. The third-order valence-electron chi connectivity index (χ3n) is 3.00. The molecule has 0 radical (unpaired) electrons. The van der Waals surface area contributed by atoms with Crippen molar-refractivity contribution in [2.75, 3.05) is 5.32 Å². The average molecular weight is 300 g/mol. The molecule has 3 rings (SSSR count). The van der Waals surface area contributed by atoms with Crippen molar-refractivity contribution >= 4 is 11.6 Å². The van der Waals surface area contributed by atoms with Crippen LogP contribution in [0, 0.1) is 5.95 Å². The number of rotatable bonds is 3. The summed E-state index contributed by atoms with van der Waals surface area (Å²) >= 11 is 0. The minimum atomic E-state index is -1.27. The molecule has 0 aliphatic heterocycles. The van der Waals surface area contributed by atoms with Crippen molar-refractivity contribution in [3.63, 3.8) is 0 Å². The van der Waals surface area contributed by atoms with E-state index in [4.69, 9.17) is 0 Å². The summed E-state index contributed by atoms with van der Waals surface area (Å²) in [7, 11) is 0. The second-order valence-electron chi connectivity index (χ2n) is 4.44. The SMILES string of the molecule is O=C(Nc1c(-c2cccnc2)nn(F)c1F)c1ccccc1. The van der Waals surface area contributed by atoms with Gasteiger partial charge in [-0.1, -0.05) is 27.6 Å². The molecule has 1 N–H and O–H groups in total. The molecule has 0 unspecified atom stereocenters. The number of pyridine rings is 1. The van der Waals surface area contributed by atoms with Gasteiger partial charge in [-0.3, -0.25) is 9.78 Å². The van der Waals surface area contributed by atoms with Crippen LogP contribution in [0.15, 0.2) is 54.9 Å². The van der Waals surface area contributed by atoms with Gasteiger partial charge in [0, 0.05) is 23.5 Å². The molecule has 0 bridgehead atoms. The highest BCUT2D eigenvalue weighted by molar-refractivity contribution is 6.05. The summed E-state index contributed by atoms with van der Waals surface area (Å²) in [4.78, 5) is 15.6. The van der Waals surface area contributed by atoms with Crippen molar-refractivity contribution in [3.8, 4) is 11.3 Å². The van der Waals surface area contributed by atoms with Crippen LogP contribution in [-0.2, 0) is 0 Å². The predicted molar refractivity (Wildman–Crippen MR) is 76.3 cm³/mol. The summed E-state index contributed by atoms with van der Waals surface area (Å²) in [6, 6.07) is 11.4. The topological polar surface area (TPSA) is 59.8 Å². The summed E-state index contributed by atoms with van der Waals surface area (Å²) in [5, 5.41) is 5.80. The molecule has 0 saturated heterocycles. The molecule has 2 aromatic heterocycles. The molecule has 0 fully saturated rings. The van der Waals surface area contributed by atoms with Gasteiger partial charge in [0.25, 0.3) is 11.9 Å². The lowest BCUT2D eigenvalue weighted by Gasteiger charge is -2.05. The smallest absolute Gasteiger partial charge is 0.268 e. The van der Waals surface area contributed by atoms with Gasteiger partial charge in [-0.25, -0.2) is 0 Å². The van der Waals surface area contributed by atoms with Crippen molar-refractivity contribution in [1.29, 1.82) is 0 Å². The molecule has 3 aromatic rings. The second kappa shape index (κ2) is 5.72. The lowest BCUT2D eigenvalue weighted by atomic mass is 10.1. The number of hydrogen-bond acceptors (Lipinski definition) is 3. The number of hydrogen-bond donors (Lipinski definition) is 1. The molecule has 5 nitrogen and oxygen atoms in total. The number of nitrogens with one attached hydrogen (secondary N) is 1. The first-order valence-electron chi connectivity index (χ1n) is 6.38. The number of aromatic nitrogens is 3. The van der Waals surface area contributed by atoms with Crippen LogP contribution in [0.1, 0.15) is 10.4 Å². The maximum absolute atomic E-state index is 13.9. The molecule has 110 valence electrons. The molecule has 1 aromatic carbocycles. The van der Waals surface area contributed by atoms with Crippen molar-refractivity contribution in [1.82, 2.24) is 15.0 Å². The summed E-state index contributed by atoms with van der Waals surface area (Å²) < 4.78 is 27.3. The minimum Gasteiger partial charge on any atom is -0.316 e. The van der Waals surface area contributed by atoms with Gasteiger partial charge in [0.05, 0.1) is 0 Å². The van der Waals surface area contributed by atoms with Crippen LogP contribution >= 0.6 is 0 Å². The van der Waals surface area contributed by atoms with E-state index < -0.39 is 16.8 Å². The van der Waals surface area contributed by atoms with Crippen molar-refractivity contribution < 1.29 is 13.7 Å². The number of benzene rings is 1. The average Bonchev–Trinajstić information content (AvgIpc) is 2.85. The zero-order valence-corrected chi connectivity index (χ0v) is 11.2. The number of anilines is 1. The zero-order valence-electron chi connectivity index (χ0n) is 11.2. The zero-order chi connectivity index (χ0) is 15.5. The highest BCUT2D eigenvalue weighted by Gasteiger charge is 2.22. The third-order valence-corrected chi connectivity index (χ3v) is 3.00. The van der Waals surface area contributed by atoms with Crippen LogP contribution < -0.4 is 5.32 Å². The van der Waals surface area contributed by atoms with Gasteiger partial charge in [-0.15, -0.1) is 5.10 Å². The Bertz CT molecular complexity index is 803. The molecule has 0 aliphatic rings. The van der Waals surface area contributed by atoms with Gasteiger partial charge < -0.3 is 5.32 Å². The maximum Gasteiger partial charge on any atom is 0.268 e. The fourth-order valence-electron chi connectivity index (χ4n) is 1.96. The van der Waals surface area contributed by atoms with E-state index in [1.165, 1.54) is 12.4 Å². The van der Waals surface area contributed by atoms with Crippen molar-refractivity contribution in [3.05, 3.63) is 66.4 Å². The molecule has 0 spiro atoms. The summed E-state index contributed by atoms with van der Waals surface area (Å²) in [5.74, 6) is -1.83. The van der Waals surface area contributed by atoms with Gasteiger partial charge in [0.1, 0.15) is 11.4 Å². The summed E-state index contributed by atoms with van der Waals surface area (Å²) in [5.41, 5.74) is 0.355. The van der Waals surface area contributed by atoms with Gasteiger partial charge >= 0.3 is 0 Å².